The summed E-state index contributed by atoms with van der Waals surface area (Å²) < 4.78 is 0. The Morgan fingerprint density at radius 3 is 2.48 bits per heavy atom. The van der Waals surface area contributed by atoms with Gasteiger partial charge in [0.05, 0.1) is 5.60 Å². The Morgan fingerprint density at radius 1 is 1.05 bits per heavy atom. The number of aliphatic hydroxyl groups is 1. The van der Waals surface area contributed by atoms with Crippen LogP contribution in [0.25, 0.3) is 0 Å². The molecule has 118 valence electrons. The zero-order valence-electron chi connectivity index (χ0n) is 13.9. The Morgan fingerprint density at radius 2 is 1.71 bits per heavy atom. The lowest BCUT2D eigenvalue weighted by atomic mass is 9.72. The second-order valence-electron chi connectivity index (χ2n) is 6.93. The van der Waals surface area contributed by atoms with Crippen LogP contribution in [0.3, 0.4) is 0 Å². The molecule has 1 nitrogen and oxygen atoms in total. The van der Waals surface area contributed by atoms with E-state index in [9.17, 15) is 5.11 Å². The first-order valence-corrected chi connectivity index (χ1v) is 8.99. The number of rotatable bonds is 8. The number of unbranched alkanes of at least 4 members (excludes halogenated alkanes) is 6. The summed E-state index contributed by atoms with van der Waals surface area (Å²) in [4.78, 5) is 0. The Bertz CT molecular complexity index is 426. The van der Waals surface area contributed by atoms with E-state index in [2.05, 4.69) is 38.1 Å². The van der Waals surface area contributed by atoms with Crippen molar-refractivity contribution in [3.8, 4) is 0 Å². The molecule has 2 unspecified atom stereocenters. The van der Waals surface area contributed by atoms with E-state index in [4.69, 9.17) is 0 Å². The topological polar surface area (TPSA) is 20.2 Å². The fourth-order valence-corrected chi connectivity index (χ4v) is 3.73. The molecule has 0 saturated heterocycles. The minimum Gasteiger partial charge on any atom is -0.385 e. The van der Waals surface area contributed by atoms with Gasteiger partial charge in [0.25, 0.3) is 0 Å². The van der Waals surface area contributed by atoms with Gasteiger partial charge in [-0.25, -0.2) is 0 Å². The molecule has 2 atom stereocenters. The van der Waals surface area contributed by atoms with Gasteiger partial charge < -0.3 is 5.11 Å². The van der Waals surface area contributed by atoms with E-state index in [1.54, 1.807) is 0 Å². The van der Waals surface area contributed by atoms with Crippen LogP contribution in [0.1, 0.15) is 95.1 Å². The van der Waals surface area contributed by atoms with Gasteiger partial charge >= 0.3 is 0 Å². The zero-order valence-corrected chi connectivity index (χ0v) is 13.9. The average Bonchev–Trinajstić information content (AvgIpc) is 2.51. The van der Waals surface area contributed by atoms with Crippen LogP contribution in [-0.2, 0) is 5.60 Å². The summed E-state index contributed by atoms with van der Waals surface area (Å²) in [6.45, 7) is 4.54. The molecule has 2 rings (SSSR count). The van der Waals surface area contributed by atoms with Crippen molar-refractivity contribution in [3.05, 3.63) is 35.4 Å². The van der Waals surface area contributed by atoms with Crippen LogP contribution in [0.4, 0.5) is 0 Å². The third-order valence-electron chi connectivity index (χ3n) is 5.18. The van der Waals surface area contributed by atoms with E-state index in [1.807, 2.05) is 0 Å². The summed E-state index contributed by atoms with van der Waals surface area (Å²) in [7, 11) is 0. The fraction of sp³-hybridized carbons (Fsp3) is 0.700. The maximum Gasteiger partial charge on any atom is 0.0899 e. The van der Waals surface area contributed by atoms with Crippen LogP contribution in [0, 0.1) is 0 Å². The Hall–Kier alpha value is -0.820. The van der Waals surface area contributed by atoms with Gasteiger partial charge in [-0.15, -0.1) is 0 Å². The molecular formula is C20H32O. The van der Waals surface area contributed by atoms with Crippen LogP contribution >= 0.6 is 0 Å². The lowest BCUT2D eigenvalue weighted by Gasteiger charge is -2.37. The van der Waals surface area contributed by atoms with Crippen molar-refractivity contribution in [1.29, 1.82) is 0 Å². The summed E-state index contributed by atoms with van der Waals surface area (Å²) in [5.41, 5.74) is 2.01. The first-order chi connectivity index (χ1) is 10.2. The van der Waals surface area contributed by atoms with Crippen LogP contribution in [0.5, 0.6) is 0 Å². The smallest absolute Gasteiger partial charge is 0.0899 e. The molecule has 1 aliphatic rings. The number of hydrogen-bond donors (Lipinski definition) is 1. The predicted octanol–water partition coefficient (Wildman–Crippen LogP) is 5.91. The molecular weight excluding hydrogens is 256 g/mol. The van der Waals surface area contributed by atoms with E-state index in [0.29, 0.717) is 5.92 Å². The summed E-state index contributed by atoms with van der Waals surface area (Å²) in [5, 5.41) is 11.1. The maximum absolute atomic E-state index is 11.1. The lowest BCUT2D eigenvalue weighted by molar-refractivity contribution is 0.00461. The van der Waals surface area contributed by atoms with E-state index in [0.717, 1.165) is 25.7 Å². The molecule has 0 radical (unpaired) electrons. The lowest BCUT2D eigenvalue weighted by Crippen LogP contribution is -2.31. The fourth-order valence-electron chi connectivity index (χ4n) is 3.73. The van der Waals surface area contributed by atoms with Crippen molar-refractivity contribution in [2.45, 2.75) is 89.6 Å². The third-order valence-corrected chi connectivity index (χ3v) is 5.18. The van der Waals surface area contributed by atoms with Gasteiger partial charge in [-0.2, -0.15) is 0 Å². The molecule has 0 spiro atoms. The van der Waals surface area contributed by atoms with Gasteiger partial charge in [-0.1, -0.05) is 83.1 Å². The SMILES string of the molecule is CCCCCCCCCC1(O)CCC(C)c2ccccc21. The van der Waals surface area contributed by atoms with Crippen LogP contribution in [0.15, 0.2) is 24.3 Å². The summed E-state index contributed by atoms with van der Waals surface area (Å²) >= 11 is 0. The second-order valence-corrected chi connectivity index (χ2v) is 6.93. The third kappa shape index (κ3) is 4.32. The highest BCUT2D eigenvalue weighted by atomic mass is 16.3. The van der Waals surface area contributed by atoms with Gasteiger partial charge in [-0.05, 0) is 36.3 Å². The van der Waals surface area contributed by atoms with Gasteiger partial charge in [0.15, 0.2) is 0 Å². The Labute approximate surface area is 130 Å². The number of fused-ring (bicyclic) bond motifs is 1. The van der Waals surface area contributed by atoms with Crippen molar-refractivity contribution in [2.24, 2.45) is 0 Å². The van der Waals surface area contributed by atoms with E-state index < -0.39 is 5.60 Å². The van der Waals surface area contributed by atoms with Gasteiger partial charge in [0.1, 0.15) is 0 Å². The minimum absolute atomic E-state index is 0.563. The molecule has 0 fully saturated rings. The highest BCUT2D eigenvalue weighted by Gasteiger charge is 2.35. The normalized spacial score (nSPS) is 24.8. The molecule has 1 aromatic rings. The average molecular weight is 288 g/mol. The number of hydrogen-bond acceptors (Lipinski definition) is 1. The van der Waals surface area contributed by atoms with E-state index >= 15 is 0 Å². The molecule has 0 aromatic heterocycles. The minimum atomic E-state index is -0.563. The number of benzene rings is 1. The van der Waals surface area contributed by atoms with E-state index in [1.165, 1.54) is 49.7 Å². The molecule has 21 heavy (non-hydrogen) atoms. The quantitative estimate of drug-likeness (QED) is 0.589. The summed E-state index contributed by atoms with van der Waals surface area (Å²) in [5.74, 6) is 0.593. The molecule has 0 saturated carbocycles. The largest absolute Gasteiger partial charge is 0.385 e. The van der Waals surface area contributed by atoms with Crippen LogP contribution in [0.2, 0.25) is 0 Å². The molecule has 1 aliphatic carbocycles. The van der Waals surface area contributed by atoms with Crippen LogP contribution < -0.4 is 0 Å². The summed E-state index contributed by atoms with van der Waals surface area (Å²) in [6, 6.07) is 8.53. The van der Waals surface area contributed by atoms with Crippen LogP contribution in [-0.4, -0.2) is 5.11 Å². The first kappa shape index (κ1) is 16.5. The predicted molar refractivity (Wildman–Crippen MR) is 90.6 cm³/mol. The molecule has 0 amide bonds. The molecule has 1 heteroatoms. The highest BCUT2D eigenvalue weighted by molar-refractivity contribution is 5.37. The monoisotopic (exact) mass is 288 g/mol. The second kappa shape index (κ2) is 7.98. The van der Waals surface area contributed by atoms with Gasteiger partial charge in [0, 0.05) is 0 Å². The molecule has 1 aromatic carbocycles. The Kier molecular flexibility index (Phi) is 6.29. The first-order valence-electron chi connectivity index (χ1n) is 8.99. The highest BCUT2D eigenvalue weighted by Crippen LogP contribution is 2.43. The van der Waals surface area contributed by atoms with Gasteiger partial charge in [0.2, 0.25) is 0 Å². The molecule has 0 heterocycles. The molecule has 0 bridgehead atoms. The molecule has 1 N–H and O–H groups in total. The standard InChI is InChI=1S/C20H32O/c1-3-4-5-6-7-8-11-15-20(21)16-14-17(2)18-12-9-10-13-19(18)20/h9-10,12-13,17,21H,3-8,11,14-16H2,1-2H3. The van der Waals surface area contributed by atoms with Crippen molar-refractivity contribution in [3.63, 3.8) is 0 Å². The molecule has 0 aliphatic heterocycles. The van der Waals surface area contributed by atoms with Crippen molar-refractivity contribution >= 4 is 0 Å². The van der Waals surface area contributed by atoms with E-state index in [-0.39, 0.29) is 0 Å². The maximum atomic E-state index is 11.1. The summed E-state index contributed by atoms with van der Waals surface area (Å²) in [6.07, 6.45) is 12.2. The Balaban J connectivity index is 1.84. The zero-order chi connectivity index (χ0) is 15.1. The van der Waals surface area contributed by atoms with Crippen molar-refractivity contribution in [1.82, 2.24) is 0 Å². The van der Waals surface area contributed by atoms with Crippen molar-refractivity contribution < 1.29 is 5.11 Å². The van der Waals surface area contributed by atoms with Gasteiger partial charge in [-0.3, -0.25) is 0 Å². The van der Waals surface area contributed by atoms with Crippen molar-refractivity contribution in [2.75, 3.05) is 0 Å².